The van der Waals surface area contributed by atoms with Crippen LogP contribution in [0, 0.1) is 0 Å². The van der Waals surface area contributed by atoms with Crippen LogP contribution in [0.2, 0.25) is 0 Å². The zero-order chi connectivity index (χ0) is 16.8. The Morgan fingerprint density at radius 2 is 1.57 bits per heavy atom. The van der Waals surface area contributed by atoms with Gasteiger partial charge in [-0.1, -0.05) is 6.92 Å². The van der Waals surface area contributed by atoms with Crippen LogP contribution in [-0.4, -0.2) is 52.6 Å². The quantitative estimate of drug-likeness (QED) is 0.370. The van der Waals surface area contributed by atoms with Crippen molar-refractivity contribution in [3.63, 3.8) is 0 Å². The summed E-state index contributed by atoms with van der Waals surface area (Å²) in [6.45, 7) is 5.39. The summed E-state index contributed by atoms with van der Waals surface area (Å²) >= 11 is 0. The Hall–Kier alpha value is -1.44. The number of nitrogens with one attached hydrogen (secondary N) is 3. The third-order valence-corrected chi connectivity index (χ3v) is 3.39. The normalized spacial score (nSPS) is 18.0. The van der Waals surface area contributed by atoms with Gasteiger partial charge in [-0.3, -0.25) is 18.9 Å². The molecular weight excluding hydrogens is 301 g/mol. The summed E-state index contributed by atoms with van der Waals surface area (Å²) in [6.07, 6.45) is 0.254. The van der Waals surface area contributed by atoms with E-state index in [1.807, 2.05) is 0 Å². The van der Waals surface area contributed by atoms with Crippen molar-refractivity contribution in [1.82, 2.24) is 15.7 Å². The molecule has 10 heteroatoms. The number of carboxylic acids is 1. The average Bonchev–Trinajstić information content (AvgIpc) is 2.34. The van der Waals surface area contributed by atoms with Crippen molar-refractivity contribution in [2.75, 3.05) is 6.66 Å². The van der Waals surface area contributed by atoms with Gasteiger partial charge in [-0.25, -0.2) is 5.09 Å². The minimum absolute atomic E-state index is 0.254. The zero-order valence-electron chi connectivity index (χ0n) is 12.4. The molecule has 0 fully saturated rings. The standard InChI is InChI=1S/C11H22N3O6P/c1-5-8(14-21(4,19)20)10(16)12-6(2)9(15)13-7(3)11(17)18/h6-8H,5H2,1-4H3,(H,12,16)(H,13,15)(H,17,18)(H2,14,19,20)/t6-,7-,8-/m0/s1. The van der Waals surface area contributed by atoms with Crippen LogP contribution in [0.3, 0.4) is 0 Å². The van der Waals surface area contributed by atoms with Crippen molar-refractivity contribution in [1.29, 1.82) is 0 Å². The third-order valence-electron chi connectivity index (χ3n) is 2.60. The van der Waals surface area contributed by atoms with Crippen LogP contribution in [0.15, 0.2) is 0 Å². The summed E-state index contributed by atoms with van der Waals surface area (Å²) in [7, 11) is -3.58. The number of amides is 2. The van der Waals surface area contributed by atoms with Crippen LogP contribution in [0.25, 0.3) is 0 Å². The van der Waals surface area contributed by atoms with Gasteiger partial charge in [0.15, 0.2) is 0 Å². The zero-order valence-corrected chi connectivity index (χ0v) is 13.3. The van der Waals surface area contributed by atoms with Crippen molar-refractivity contribution in [3.8, 4) is 0 Å². The summed E-state index contributed by atoms with van der Waals surface area (Å²) in [5, 5.41) is 15.5. The highest BCUT2D eigenvalue weighted by Gasteiger charge is 2.26. The van der Waals surface area contributed by atoms with E-state index in [-0.39, 0.29) is 6.42 Å². The number of aliphatic carboxylic acids is 1. The van der Waals surface area contributed by atoms with Crippen LogP contribution in [0.5, 0.6) is 0 Å². The van der Waals surface area contributed by atoms with Crippen molar-refractivity contribution in [2.45, 2.75) is 45.3 Å². The van der Waals surface area contributed by atoms with Gasteiger partial charge in [0.05, 0.1) is 6.04 Å². The van der Waals surface area contributed by atoms with E-state index in [2.05, 4.69) is 15.7 Å². The Balaban J connectivity index is 4.57. The lowest BCUT2D eigenvalue weighted by Gasteiger charge is -2.21. The molecule has 0 aromatic heterocycles. The molecule has 0 radical (unpaired) electrons. The number of carbonyl (C=O) groups excluding carboxylic acids is 2. The summed E-state index contributed by atoms with van der Waals surface area (Å²) < 4.78 is 11.2. The van der Waals surface area contributed by atoms with Crippen LogP contribution < -0.4 is 15.7 Å². The van der Waals surface area contributed by atoms with Gasteiger partial charge < -0.3 is 20.6 Å². The first-order valence-corrected chi connectivity index (χ1v) is 8.50. The van der Waals surface area contributed by atoms with E-state index >= 15 is 0 Å². The highest BCUT2D eigenvalue weighted by Crippen LogP contribution is 2.30. The molecule has 0 saturated heterocycles. The second kappa shape index (κ2) is 8.11. The molecule has 5 N–H and O–H groups in total. The van der Waals surface area contributed by atoms with Crippen LogP contribution >= 0.6 is 7.52 Å². The van der Waals surface area contributed by atoms with Crippen molar-refractivity contribution >= 4 is 25.3 Å². The number of hydrogen-bond donors (Lipinski definition) is 5. The number of carboxylic acid groups (broad SMARTS) is 1. The first-order chi connectivity index (χ1) is 9.47. The monoisotopic (exact) mass is 323 g/mol. The molecular formula is C11H22N3O6P. The fourth-order valence-electron chi connectivity index (χ4n) is 1.40. The summed E-state index contributed by atoms with van der Waals surface area (Å²) in [6, 6.07) is -2.96. The molecule has 9 nitrogen and oxygen atoms in total. The Kier molecular flexibility index (Phi) is 7.56. The molecule has 1 unspecified atom stereocenters. The fourth-order valence-corrected chi connectivity index (χ4v) is 2.28. The van der Waals surface area contributed by atoms with Gasteiger partial charge in [-0.05, 0) is 20.3 Å². The van der Waals surface area contributed by atoms with Gasteiger partial charge in [-0.2, -0.15) is 0 Å². The molecule has 0 aliphatic rings. The average molecular weight is 323 g/mol. The van der Waals surface area contributed by atoms with Gasteiger partial charge in [0.1, 0.15) is 12.1 Å². The minimum Gasteiger partial charge on any atom is -0.480 e. The van der Waals surface area contributed by atoms with Crippen LogP contribution in [0.4, 0.5) is 0 Å². The second-order valence-electron chi connectivity index (χ2n) is 4.77. The largest absolute Gasteiger partial charge is 0.480 e. The maximum Gasteiger partial charge on any atom is 0.325 e. The van der Waals surface area contributed by atoms with E-state index in [4.69, 9.17) is 5.11 Å². The van der Waals surface area contributed by atoms with E-state index in [0.717, 1.165) is 6.66 Å². The molecule has 2 amide bonds. The highest BCUT2D eigenvalue weighted by molar-refractivity contribution is 7.55. The molecule has 0 bridgehead atoms. The Morgan fingerprint density at radius 1 is 1.10 bits per heavy atom. The SMILES string of the molecule is CC[C@H](NP(C)(=O)O)C(=O)N[C@@H](C)C(=O)N[C@@H](C)C(=O)O. The molecule has 0 aliphatic heterocycles. The lowest BCUT2D eigenvalue weighted by Crippen LogP contribution is -2.53. The van der Waals surface area contributed by atoms with E-state index < -0.39 is 43.4 Å². The first kappa shape index (κ1) is 19.6. The van der Waals surface area contributed by atoms with E-state index in [0.29, 0.717) is 0 Å². The topological polar surface area (TPSA) is 145 Å². The third kappa shape index (κ3) is 7.79. The van der Waals surface area contributed by atoms with Gasteiger partial charge in [0.2, 0.25) is 11.8 Å². The van der Waals surface area contributed by atoms with E-state index in [1.54, 1.807) is 6.92 Å². The summed E-state index contributed by atoms with van der Waals surface area (Å²) in [5.41, 5.74) is 0. The smallest absolute Gasteiger partial charge is 0.325 e. The predicted molar refractivity (Wildman–Crippen MR) is 75.8 cm³/mol. The first-order valence-electron chi connectivity index (χ1n) is 6.39. The van der Waals surface area contributed by atoms with Gasteiger partial charge >= 0.3 is 5.97 Å². The molecule has 21 heavy (non-hydrogen) atoms. The molecule has 0 saturated carbocycles. The molecule has 0 aliphatic carbocycles. The summed E-state index contributed by atoms with van der Waals surface area (Å²) in [5.74, 6) is -2.46. The Morgan fingerprint density at radius 3 is 1.95 bits per heavy atom. The molecule has 0 aromatic carbocycles. The Bertz CT molecular complexity index is 449. The Labute approximate surface area is 123 Å². The van der Waals surface area contributed by atoms with Crippen molar-refractivity contribution in [2.24, 2.45) is 0 Å². The van der Waals surface area contributed by atoms with Gasteiger partial charge in [-0.15, -0.1) is 0 Å². The predicted octanol–water partition coefficient (Wildman–Crippen LogP) is -0.736. The lowest BCUT2D eigenvalue weighted by molar-refractivity contribution is -0.141. The van der Waals surface area contributed by atoms with E-state index in [9.17, 15) is 23.8 Å². The molecule has 0 aromatic rings. The van der Waals surface area contributed by atoms with Crippen LogP contribution in [0.1, 0.15) is 27.2 Å². The highest BCUT2D eigenvalue weighted by atomic mass is 31.2. The van der Waals surface area contributed by atoms with Crippen molar-refractivity contribution < 1.29 is 28.9 Å². The fraction of sp³-hybridized carbons (Fsp3) is 0.727. The maximum atomic E-state index is 11.9. The van der Waals surface area contributed by atoms with Gasteiger partial charge in [0.25, 0.3) is 7.52 Å². The lowest BCUT2D eigenvalue weighted by atomic mass is 10.2. The second-order valence-corrected chi connectivity index (χ2v) is 6.78. The maximum absolute atomic E-state index is 11.9. The number of hydrogen-bond acceptors (Lipinski definition) is 4. The molecule has 0 heterocycles. The minimum atomic E-state index is -3.58. The van der Waals surface area contributed by atoms with Crippen molar-refractivity contribution in [3.05, 3.63) is 0 Å². The van der Waals surface area contributed by atoms with Gasteiger partial charge in [0, 0.05) is 6.66 Å². The number of carbonyl (C=O) groups is 3. The molecule has 122 valence electrons. The molecule has 0 rings (SSSR count). The summed E-state index contributed by atoms with van der Waals surface area (Å²) in [4.78, 5) is 43.4. The molecule has 4 atom stereocenters. The molecule has 0 spiro atoms. The number of rotatable bonds is 8. The van der Waals surface area contributed by atoms with E-state index in [1.165, 1.54) is 13.8 Å². The van der Waals surface area contributed by atoms with Crippen LogP contribution in [-0.2, 0) is 18.9 Å².